The predicted octanol–water partition coefficient (Wildman–Crippen LogP) is 4.01. The molecule has 132 valence electrons. The van der Waals surface area contributed by atoms with Gasteiger partial charge in [-0.1, -0.05) is 23.4 Å². The number of carbonyl (C=O) groups is 1. The van der Waals surface area contributed by atoms with Gasteiger partial charge in [0, 0.05) is 30.1 Å². The minimum absolute atomic E-state index is 0.0248. The Kier molecular flexibility index (Phi) is 4.03. The van der Waals surface area contributed by atoms with Crippen molar-refractivity contribution in [3.05, 3.63) is 65.2 Å². The Balaban J connectivity index is 1.58. The number of benzene rings is 2. The number of hydrogen-bond donors (Lipinski definition) is 0. The van der Waals surface area contributed by atoms with Crippen LogP contribution in [0.25, 0.3) is 11.5 Å². The van der Waals surface area contributed by atoms with Gasteiger partial charge in [-0.25, -0.2) is 4.39 Å². The lowest BCUT2D eigenvalue weighted by Gasteiger charge is -2.16. The molecule has 0 saturated carbocycles. The third-order valence-electron chi connectivity index (χ3n) is 4.76. The van der Waals surface area contributed by atoms with Crippen LogP contribution in [-0.4, -0.2) is 22.6 Å². The van der Waals surface area contributed by atoms with Crippen molar-refractivity contribution in [2.24, 2.45) is 0 Å². The first-order chi connectivity index (χ1) is 12.5. The minimum atomic E-state index is -0.280. The molecule has 6 heteroatoms. The summed E-state index contributed by atoms with van der Waals surface area (Å²) in [4.78, 5) is 18.6. The summed E-state index contributed by atoms with van der Waals surface area (Å²) in [6, 6.07) is 12.5. The van der Waals surface area contributed by atoms with Crippen LogP contribution in [0.15, 0.2) is 47.0 Å². The van der Waals surface area contributed by atoms with Gasteiger partial charge in [-0.2, -0.15) is 4.98 Å². The summed E-state index contributed by atoms with van der Waals surface area (Å²) in [7, 11) is 0. The number of rotatable bonds is 3. The molecule has 5 nitrogen and oxygen atoms in total. The molecule has 1 aromatic heterocycles. The van der Waals surface area contributed by atoms with Gasteiger partial charge in [0.2, 0.25) is 5.91 Å². The third-order valence-corrected chi connectivity index (χ3v) is 4.76. The van der Waals surface area contributed by atoms with Crippen LogP contribution in [0.4, 0.5) is 10.1 Å². The molecule has 1 aliphatic heterocycles. The van der Waals surface area contributed by atoms with E-state index in [1.54, 1.807) is 24.0 Å². The van der Waals surface area contributed by atoms with Gasteiger partial charge in [0.1, 0.15) is 5.82 Å². The second kappa shape index (κ2) is 6.37. The summed E-state index contributed by atoms with van der Waals surface area (Å²) in [5.41, 5.74) is 3.15. The summed E-state index contributed by atoms with van der Waals surface area (Å²) in [6.45, 7) is 4.12. The van der Waals surface area contributed by atoms with E-state index in [0.29, 0.717) is 35.9 Å². The molecule has 26 heavy (non-hydrogen) atoms. The molecule has 1 atom stereocenters. The molecular weight excluding hydrogens is 333 g/mol. The fourth-order valence-corrected chi connectivity index (χ4v) is 3.25. The van der Waals surface area contributed by atoms with Crippen LogP contribution in [-0.2, 0) is 4.79 Å². The lowest BCUT2D eigenvalue weighted by Crippen LogP contribution is -2.24. The van der Waals surface area contributed by atoms with E-state index in [4.69, 9.17) is 4.52 Å². The SMILES string of the molecule is Cc1cc(N2CC(c3noc(-c4ccccc4C)n3)CC2=O)ccc1F. The lowest BCUT2D eigenvalue weighted by molar-refractivity contribution is -0.117. The number of hydrogen-bond acceptors (Lipinski definition) is 4. The molecule has 1 unspecified atom stereocenters. The zero-order valence-electron chi connectivity index (χ0n) is 14.6. The van der Waals surface area contributed by atoms with Crippen molar-refractivity contribution in [1.29, 1.82) is 0 Å². The summed E-state index contributed by atoms with van der Waals surface area (Å²) in [5, 5.41) is 4.08. The van der Waals surface area contributed by atoms with Gasteiger partial charge in [0.05, 0.1) is 0 Å². The van der Waals surface area contributed by atoms with Gasteiger partial charge in [-0.3, -0.25) is 4.79 Å². The number of aryl methyl sites for hydroxylation is 2. The fourth-order valence-electron chi connectivity index (χ4n) is 3.25. The molecule has 2 aromatic carbocycles. The van der Waals surface area contributed by atoms with Crippen LogP contribution in [0, 0.1) is 19.7 Å². The van der Waals surface area contributed by atoms with E-state index in [2.05, 4.69) is 10.1 Å². The lowest BCUT2D eigenvalue weighted by atomic mass is 10.1. The number of amides is 1. The average Bonchev–Trinajstić information content (AvgIpc) is 3.25. The first kappa shape index (κ1) is 16.4. The summed E-state index contributed by atoms with van der Waals surface area (Å²) in [6.07, 6.45) is 0.309. The minimum Gasteiger partial charge on any atom is -0.334 e. The van der Waals surface area contributed by atoms with E-state index in [9.17, 15) is 9.18 Å². The summed E-state index contributed by atoms with van der Waals surface area (Å²) < 4.78 is 18.9. The molecule has 0 radical (unpaired) electrons. The van der Waals surface area contributed by atoms with Gasteiger partial charge in [0.25, 0.3) is 5.89 Å². The van der Waals surface area contributed by atoms with E-state index in [1.165, 1.54) is 6.07 Å². The molecule has 1 fully saturated rings. The van der Waals surface area contributed by atoms with Gasteiger partial charge in [0.15, 0.2) is 5.82 Å². The van der Waals surface area contributed by atoms with Crippen molar-refractivity contribution >= 4 is 11.6 Å². The van der Waals surface area contributed by atoms with Crippen molar-refractivity contribution in [1.82, 2.24) is 10.1 Å². The first-order valence-corrected chi connectivity index (χ1v) is 8.49. The zero-order valence-corrected chi connectivity index (χ0v) is 14.6. The highest BCUT2D eigenvalue weighted by Gasteiger charge is 2.34. The molecule has 1 amide bonds. The Bertz CT molecular complexity index is 983. The number of anilines is 1. The van der Waals surface area contributed by atoms with Crippen LogP contribution >= 0.6 is 0 Å². The Labute approximate surface area is 150 Å². The molecule has 4 rings (SSSR count). The molecule has 0 bridgehead atoms. The number of aromatic nitrogens is 2. The van der Waals surface area contributed by atoms with Crippen molar-refractivity contribution in [3.63, 3.8) is 0 Å². The highest BCUT2D eigenvalue weighted by Crippen LogP contribution is 2.32. The Morgan fingerprint density at radius 3 is 2.73 bits per heavy atom. The molecule has 2 heterocycles. The topological polar surface area (TPSA) is 59.2 Å². The van der Waals surface area contributed by atoms with E-state index in [-0.39, 0.29) is 17.6 Å². The second-order valence-corrected chi connectivity index (χ2v) is 6.61. The largest absolute Gasteiger partial charge is 0.334 e. The van der Waals surface area contributed by atoms with Gasteiger partial charge >= 0.3 is 0 Å². The molecule has 0 spiro atoms. The van der Waals surface area contributed by atoms with Crippen molar-refractivity contribution in [2.45, 2.75) is 26.2 Å². The van der Waals surface area contributed by atoms with Gasteiger partial charge < -0.3 is 9.42 Å². The zero-order chi connectivity index (χ0) is 18.3. The normalized spacial score (nSPS) is 17.1. The Morgan fingerprint density at radius 1 is 1.15 bits per heavy atom. The number of nitrogens with zero attached hydrogens (tertiary/aromatic N) is 3. The van der Waals surface area contributed by atoms with Crippen LogP contribution in [0.2, 0.25) is 0 Å². The molecule has 1 saturated heterocycles. The van der Waals surface area contributed by atoms with Crippen LogP contribution in [0.1, 0.15) is 29.3 Å². The van der Waals surface area contributed by atoms with Crippen LogP contribution < -0.4 is 4.90 Å². The summed E-state index contributed by atoms with van der Waals surface area (Å²) in [5.74, 6) is 0.537. The molecule has 3 aromatic rings. The maximum Gasteiger partial charge on any atom is 0.258 e. The number of halogens is 1. The molecular formula is C20H18FN3O2. The quantitative estimate of drug-likeness (QED) is 0.715. The van der Waals surface area contributed by atoms with Crippen molar-refractivity contribution in [3.8, 4) is 11.5 Å². The smallest absolute Gasteiger partial charge is 0.258 e. The van der Waals surface area contributed by atoms with E-state index >= 15 is 0 Å². The maximum absolute atomic E-state index is 13.5. The predicted molar refractivity (Wildman–Crippen MR) is 95.3 cm³/mol. The highest BCUT2D eigenvalue weighted by molar-refractivity contribution is 5.96. The van der Waals surface area contributed by atoms with E-state index < -0.39 is 0 Å². The third kappa shape index (κ3) is 2.87. The van der Waals surface area contributed by atoms with E-state index in [1.807, 2.05) is 31.2 Å². The van der Waals surface area contributed by atoms with E-state index in [0.717, 1.165) is 11.1 Å². The first-order valence-electron chi connectivity index (χ1n) is 8.49. The Morgan fingerprint density at radius 2 is 1.96 bits per heavy atom. The van der Waals surface area contributed by atoms with Gasteiger partial charge in [-0.15, -0.1) is 0 Å². The van der Waals surface area contributed by atoms with Crippen molar-refractivity contribution < 1.29 is 13.7 Å². The van der Waals surface area contributed by atoms with Crippen LogP contribution in [0.3, 0.4) is 0 Å². The average molecular weight is 351 g/mol. The molecule has 0 aliphatic carbocycles. The Hall–Kier alpha value is -3.02. The van der Waals surface area contributed by atoms with Crippen molar-refractivity contribution in [2.75, 3.05) is 11.4 Å². The van der Waals surface area contributed by atoms with Gasteiger partial charge in [-0.05, 0) is 49.2 Å². The fraction of sp³-hybridized carbons (Fsp3) is 0.250. The standard InChI is InChI=1S/C20H18FN3O2/c1-12-5-3-4-6-16(12)20-22-19(23-26-20)14-10-18(25)24(11-14)15-7-8-17(21)13(2)9-15/h3-9,14H,10-11H2,1-2H3. The molecule has 1 aliphatic rings. The highest BCUT2D eigenvalue weighted by atomic mass is 19.1. The molecule has 0 N–H and O–H groups in total. The maximum atomic E-state index is 13.5. The summed E-state index contributed by atoms with van der Waals surface area (Å²) >= 11 is 0. The monoisotopic (exact) mass is 351 g/mol. The second-order valence-electron chi connectivity index (χ2n) is 6.61. The van der Waals surface area contributed by atoms with Crippen LogP contribution in [0.5, 0.6) is 0 Å². The number of carbonyl (C=O) groups excluding carboxylic acids is 1.